The van der Waals surface area contributed by atoms with Crippen LogP contribution in [0.1, 0.15) is 64.7 Å². The highest BCUT2D eigenvalue weighted by molar-refractivity contribution is 5.79. The van der Waals surface area contributed by atoms with E-state index in [-0.39, 0.29) is 0 Å². The van der Waals surface area contributed by atoms with Crippen LogP contribution in [-0.2, 0) is 4.79 Å². The highest BCUT2D eigenvalue weighted by Gasteiger charge is 2.47. The number of aliphatic carboxylic acids is 1. The van der Waals surface area contributed by atoms with Crippen molar-refractivity contribution in [2.24, 2.45) is 5.92 Å². The van der Waals surface area contributed by atoms with E-state index in [1.807, 2.05) is 0 Å². The van der Waals surface area contributed by atoms with E-state index in [0.717, 1.165) is 38.0 Å². The van der Waals surface area contributed by atoms with Crippen LogP contribution in [0.4, 0.5) is 0 Å². The zero-order valence-electron chi connectivity index (χ0n) is 13.3. The summed E-state index contributed by atoms with van der Waals surface area (Å²) in [5, 5.41) is 13.3. The van der Waals surface area contributed by atoms with Crippen molar-refractivity contribution in [3.05, 3.63) is 0 Å². The number of carbonyl (C=O) groups is 1. The SMILES string of the molecule is CCC1CCCN(C2CCCC(NC3CC3)(C(=O)O)C2)C1. The predicted molar refractivity (Wildman–Crippen MR) is 83.4 cm³/mol. The number of nitrogens with one attached hydrogen (secondary N) is 1. The summed E-state index contributed by atoms with van der Waals surface area (Å²) in [4.78, 5) is 14.5. The summed E-state index contributed by atoms with van der Waals surface area (Å²) in [7, 11) is 0. The molecule has 4 heteroatoms. The Morgan fingerprint density at radius 1 is 1.29 bits per heavy atom. The monoisotopic (exact) mass is 294 g/mol. The zero-order chi connectivity index (χ0) is 14.9. The van der Waals surface area contributed by atoms with Crippen molar-refractivity contribution in [3.63, 3.8) is 0 Å². The number of carboxylic acids is 1. The third kappa shape index (κ3) is 3.42. The van der Waals surface area contributed by atoms with E-state index < -0.39 is 11.5 Å². The lowest BCUT2D eigenvalue weighted by atomic mass is 9.77. The molecule has 0 aromatic heterocycles. The third-order valence-electron chi connectivity index (χ3n) is 5.84. The quantitative estimate of drug-likeness (QED) is 0.818. The molecule has 4 nitrogen and oxygen atoms in total. The van der Waals surface area contributed by atoms with Crippen LogP contribution in [0.5, 0.6) is 0 Å². The summed E-state index contributed by atoms with van der Waals surface area (Å²) in [5.74, 6) is 0.194. The van der Waals surface area contributed by atoms with Gasteiger partial charge in [0.1, 0.15) is 5.54 Å². The number of carboxylic acid groups (broad SMARTS) is 1. The van der Waals surface area contributed by atoms with Gasteiger partial charge in [-0.25, -0.2) is 0 Å². The molecule has 2 saturated carbocycles. The maximum atomic E-state index is 11.9. The second-order valence-corrected chi connectivity index (χ2v) is 7.47. The first-order valence-electron chi connectivity index (χ1n) is 8.88. The van der Waals surface area contributed by atoms with Crippen molar-refractivity contribution in [3.8, 4) is 0 Å². The van der Waals surface area contributed by atoms with E-state index in [2.05, 4.69) is 17.1 Å². The maximum Gasteiger partial charge on any atom is 0.323 e. The van der Waals surface area contributed by atoms with Gasteiger partial charge in [-0.15, -0.1) is 0 Å². The number of piperidine rings is 1. The summed E-state index contributed by atoms with van der Waals surface area (Å²) in [6.07, 6.45) is 10.0. The molecule has 0 aromatic rings. The molecule has 0 spiro atoms. The van der Waals surface area contributed by atoms with Crippen LogP contribution in [0.3, 0.4) is 0 Å². The second kappa shape index (κ2) is 6.25. The standard InChI is InChI=1S/C17H30N2O2/c1-2-13-5-4-10-19(12-13)15-6-3-9-17(11-15,16(20)21)18-14-7-8-14/h13-15,18H,2-12H2,1H3,(H,20,21). The highest BCUT2D eigenvalue weighted by Crippen LogP contribution is 2.36. The van der Waals surface area contributed by atoms with E-state index >= 15 is 0 Å². The second-order valence-electron chi connectivity index (χ2n) is 7.47. The first-order valence-corrected chi connectivity index (χ1v) is 8.88. The Morgan fingerprint density at radius 2 is 2.10 bits per heavy atom. The van der Waals surface area contributed by atoms with Gasteiger partial charge in [-0.3, -0.25) is 10.1 Å². The van der Waals surface area contributed by atoms with Crippen LogP contribution in [-0.4, -0.2) is 46.7 Å². The first kappa shape index (κ1) is 15.3. The summed E-state index contributed by atoms with van der Waals surface area (Å²) in [6, 6.07) is 0.931. The Labute approximate surface area is 128 Å². The van der Waals surface area contributed by atoms with Gasteiger partial charge in [0.05, 0.1) is 0 Å². The van der Waals surface area contributed by atoms with Gasteiger partial charge < -0.3 is 10.0 Å². The summed E-state index contributed by atoms with van der Waals surface area (Å²) in [5.41, 5.74) is -0.650. The molecule has 1 saturated heterocycles. The molecule has 3 unspecified atom stereocenters. The zero-order valence-corrected chi connectivity index (χ0v) is 13.3. The third-order valence-corrected chi connectivity index (χ3v) is 5.84. The summed E-state index contributed by atoms with van der Waals surface area (Å²) >= 11 is 0. The Bertz CT molecular complexity index is 383. The molecule has 1 aliphatic heterocycles. The van der Waals surface area contributed by atoms with Crippen molar-refractivity contribution in [1.82, 2.24) is 10.2 Å². The van der Waals surface area contributed by atoms with E-state index in [4.69, 9.17) is 0 Å². The largest absolute Gasteiger partial charge is 0.480 e. The van der Waals surface area contributed by atoms with Gasteiger partial charge in [-0.2, -0.15) is 0 Å². The number of hydrogen-bond donors (Lipinski definition) is 2. The minimum atomic E-state index is -0.650. The normalized spacial score (nSPS) is 38.3. The number of hydrogen-bond acceptors (Lipinski definition) is 3. The summed E-state index contributed by atoms with van der Waals surface area (Å²) < 4.78 is 0. The van der Waals surface area contributed by atoms with Gasteiger partial charge in [0, 0.05) is 18.6 Å². The fourth-order valence-corrected chi connectivity index (χ4v) is 4.33. The first-order chi connectivity index (χ1) is 10.1. The van der Waals surface area contributed by atoms with Crippen LogP contribution in [0, 0.1) is 5.92 Å². The molecule has 2 aliphatic carbocycles. The molecular weight excluding hydrogens is 264 g/mol. The van der Waals surface area contributed by atoms with Gasteiger partial charge >= 0.3 is 5.97 Å². The van der Waals surface area contributed by atoms with E-state index in [1.54, 1.807) is 0 Å². The smallest absolute Gasteiger partial charge is 0.323 e. The Kier molecular flexibility index (Phi) is 4.55. The van der Waals surface area contributed by atoms with Gasteiger partial charge in [0.15, 0.2) is 0 Å². The molecule has 0 radical (unpaired) electrons. The molecule has 3 fully saturated rings. The van der Waals surface area contributed by atoms with Gasteiger partial charge in [-0.1, -0.05) is 13.3 Å². The molecule has 120 valence electrons. The average Bonchev–Trinajstić information content (AvgIpc) is 3.31. The van der Waals surface area contributed by atoms with Crippen molar-refractivity contribution >= 4 is 5.97 Å². The van der Waals surface area contributed by atoms with Gasteiger partial charge in [-0.05, 0) is 63.8 Å². The number of likely N-dealkylation sites (tertiary alicyclic amines) is 1. The molecule has 3 aliphatic rings. The minimum Gasteiger partial charge on any atom is -0.480 e. The summed E-state index contributed by atoms with van der Waals surface area (Å²) in [6.45, 7) is 4.63. The van der Waals surface area contributed by atoms with Gasteiger partial charge in [0.25, 0.3) is 0 Å². The lowest BCUT2D eigenvalue weighted by Gasteiger charge is -2.45. The maximum absolute atomic E-state index is 11.9. The van der Waals surface area contributed by atoms with Crippen molar-refractivity contribution in [1.29, 1.82) is 0 Å². The Balaban J connectivity index is 1.67. The van der Waals surface area contributed by atoms with Crippen LogP contribution in [0.15, 0.2) is 0 Å². The Hall–Kier alpha value is -0.610. The van der Waals surface area contributed by atoms with Crippen LogP contribution in [0.25, 0.3) is 0 Å². The Morgan fingerprint density at radius 3 is 2.76 bits per heavy atom. The molecule has 3 rings (SSSR count). The highest BCUT2D eigenvalue weighted by atomic mass is 16.4. The van der Waals surface area contributed by atoms with E-state index in [0.29, 0.717) is 12.1 Å². The minimum absolute atomic E-state index is 0.463. The van der Waals surface area contributed by atoms with E-state index in [1.165, 1.54) is 38.8 Å². The predicted octanol–water partition coefficient (Wildman–Crippen LogP) is 2.63. The molecule has 3 atom stereocenters. The molecular formula is C17H30N2O2. The lowest BCUT2D eigenvalue weighted by molar-refractivity contribution is -0.147. The fraction of sp³-hybridized carbons (Fsp3) is 0.941. The molecule has 0 bridgehead atoms. The molecule has 0 aromatic carbocycles. The van der Waals surface area contributed by atoms with Crippen LogP contribution in [0.2, 0.25) is 0 Å². The van der Waals surface area contributed by atoms with Crippen molar-refractivity contribution in [2.75, 3.05) is 13.1 Å². The molecule has 0 amide bonds. The number of nitrogens with zero attached hydrogens (tertiary/aromatic N) is 1. The fourth-order valence-electron chi connectivity index (χ4n) is 4.33. The van der Waals surface area contributed by atoms with Crippen molar-refractivity contribution in [2.45, 2.75) is 82.3 Å². The molecule has 1 heterocycles. The van der Waals surface area contributed by atoms with Crippen molar-refractivity contribution < 1.29 is 9.90 Å². The number of rotatable bonds is 5. The van der Waals surface area contributed by atoms with Crippen LogP contribution >= 0.6 is 0 Å². The lowest BCUT2D eigenvalue weighted by Crippen LogP contribution is -2.59. The van der Waals surface area contributed by atoms with Crippen LogP contribution < -0.4 is 5.32 Å². The average molecular weight is 294 g/mol. The molecule has 2 N–H and O–H groups in total. The molecule has 21 heavy (non-hydrogen) atoms. The topological polar surface area (TPSA) is 52.6 Å². The van der Waals surface area contributed by atoms with E-state index in [9.17, 15) is 9.90 Å². The van der Waals surface area contributed by atoms with Gasteiger partial charge in [0.2, 0.25) is 0 Å².